The number of carbonyl (C=O) groups excluding carboxylic acids is 9. The normalized spacial score (nSPS) is 15.8. The zero-order valence-corrected chi connectivity index (χ0v) is 54.7. The van der Waals surface area contributed by atoms with Gasteiger partial charge in [0.25, 0.3) is 11.8 Å². The van der Waals surface area contributed by atoms with Crippen LogP contribution in [-0.4, -0.2) is 143 Å². The number of carboxylic acid groups (broad SMARTS) is 1. The van der Waals surface area contributed by atoms with Gasteiger partial charge in [0, 0.05) is 49.7 Å². The molecule has 4 aromatic rings. The van der Waals surface area contributed by atoms with E-state index in [1.807, 2.05) is 100 Å². The number of unbranched alkanes of at least 4 members (excludes halogenated alkanes) is 1. The Kier molecular flexibility index (Phi) is 27.6. The second kappa shape index (κ2) is 35.1. The maximum absolute atomic E-state index is 14.9. The Bertz CT molecular complexity index is 3320. The average Bonchev–Trinajstić information content (AvgIpc) is 1.06. The van der Waals surface area contributed by atoms with Crippen LogP contribution in [0.3, 0.4) is 0 Å². The molecule has 3 aromatic carbocycles. The van der Waals surface area contributed by atoms with Crippen molar-refractivity contribution in [1.29, 1.82) is 0 Å². The standard InChI is InChI=1S/C68H88N10O13S/c1-10-12-19-34-90-78(66(87)62(44(5)11-2)75-64(86)54-24-17-18-33-76(54)9)55(43(3)4)36-56(91-45(6)79)65-74-52(42-92-65)63(85)73-51(37-68(7,8)67(88)89)35-46-25-29-50(30-26-46)72-60(83)40-71-59(82)39-70-58(81)38-69-57(80)31-32-61(84)77-41-49-22-14-13-20-47(49)27-28-48-21-15-16-23-53(48)77/h1,13-16,20-23,25-30,42-44,51,54-56,62H,11-12,17-19,24,31-41H2,2-9H3,(H,69,80)(H,70,81)(H,71,82)(H,72,83)(H,73,85)(H,75,86)(H,88,89)/b28-27-/t44-,51-,54+,55+,56+,62-/m0/s1. The molecule has 8 amide bonds. The van der Waals surface area contributed by atoms with Gasteiger partial charge in [0.2, 0.25) is 35.4 Å². The molecule has 0 radical (unpaired) electrons. The molecule has 92 heavy (non-hydrogen) atoms. The molecule has 1 aromatic heterocycles. The summed E-state index contributed by atoms with van der Waals surface area (Å²) in [5.41, 5.74) is 3.23. The summed E-state index contributed by atoms with van der Waals surface area (Å²) in [5.74, 6) is -3.77. The molecular formula is C68H88N10O13S. The van der Waals surface area contributed by atoms with Crippen LogP contribution in [0, 0.1) is 29.6 Å². The van der Waals surface area contributed by atoms with Gasteiger partial charge in [-0.25, -0.2) is 10.0 Å². The van der Waals surface area contributed by atoms with Crippen molar-refractivity contribution in [3.05, 3.63) is 111 Å². The molecule has 7 N–H and O–H groups in total. The Morgan fingerprint density at radius 2 is 1.49 bits per heavy atom. The van der Waals surface area contributed by atoms with Crippen molar-refractivity contribution in [1.82, 2.24) is 41.5 Å². The van der Waals surface area contributed by atoms with Crippen molar-refractivity contribution in [3.8, 4) is 12.3 Å². The predicted octanol–water partition coefficient (Wildman–Crippen LogP) is 6.98. The molecule has 6 atom stereocenters. The molecule has 2 aliphatic heterocycles. The number of hydroxylamine groups is 2. The Morgan fingerprint density at radius 1 is 0.837 bits per heavy atom. The highest BCUT2D eigenvalue weighted by atomic mass is 32.1. The summed E-state index contributed by atoms with van der Waals surface area (Å²) in [4.78, 5) is 147. The maximum Gasteiger partial charge on any atom is 0.309 e. The Morgan fingerprint density at radius 3 is 2.14 bits per heavy atom. The number of aromatic nitrogens is 1. The molecule has 1 fully saturated rings. The molecule has 0 unspecified atom stereocenters. The third-order valence-electron chi connectivity index (χ3n) is 16.3. The first-order valence-corrected chi connectivity index (χ1v) is 32.2. The number of carbonyl (C=O) groups is 10. The van der Waals surface area contributed by atoms with Gasteiger partial charge in [0.15, 0.2) is 6.10 Å². The van der Waals surface area contributed by atoms with Gasteiger partial charge >= 0.3 is 11.9 Å². The molecule has 1 saturated heterocycles. The zero-order chi connectivity index (χ0) is 67.1. The van der Waals surface area contributed by atoms with Crippen LogP contribution in [0.5, 0.6) is 0 Å². The summed E-state index contributed by atoms with van der Waals surface area (Å²) < 4.78 is 5.89. The molecule has 0 bridgehead atoms. The number of ether oxygens (including phenoxy) is 1. The molecule has 494 valence electrons. The van der Waals surface area contributed by atoms with Gasteiger partial charge in [-0.15, -0.1) is 23.7 Å². The van der Waals surface area contributed by atoms with Gasteiger partial charge in [-0.05, 0) is 112 Å². The van der Waals surface area contributed by atoms with Crippen molar-refractivity contribution in [2.75, 3.05) is 50.1 Å². The van der Waals surface area contributed by atoms with Crippen LogP contribution >= 0.6 is 11.3 Å². The van der Waals surface area contributed by atoms with Crippen LogP contribution in [0.2, 0.25) is 0 Å². The minimum Gasteiger partial charge on any atom is -0.481 e. The molecular weight excluding hydrogens is 1200 g/mol. The number of para-hydroxylation sites is 1. The number of likely N-dealkylation sites (tertiary alicyclic amines) is 1. The summed E-state index contributed by atoms with van der Waals surface area (Å²) in [6, 6.07) is 19.0. The first kappa shape index (κ1) is 72.3. The molecule has 0 aliphatic carbocycles. The number of thiazole rings is 1. The van der Waals surface area contributed by atoms with Crippen LogP contribution in [-0.2, 0) is 65.7 Å². The lowest BCUT2D eigenvalue weighted by Crippen LogP contribution is -2.58. The number of nitrogens with zero attached hydrogens (tertiary/aromatic N) is 4. The zero-order valence-electron chi connectivity index (χ0n) is 53.8. The topological polar surface area (TPSA) is 304 Å². The minimum absolute atomic E-state index is 0.00252. The van der Waals surface area contributed by atoms with E-state index in [1.165, 1.54) is 17.4 Å². The Labute approximate surface area is 542 Å². The number of esters is 1. The number of nitrogens with one attached hydrogen (secondary N) is 6. The van der Waals surface area contributed by atoms with E-state index in [0.29, 0.717) is 49.2 Å². The largest absolute Gasteiger partial charge is 0.481 e. The van der Waals surface area contributed by atoms with Crippen molar-refractivity contribution in [3.63, 3.8) is 0 Å². The lowest BCUT2D eigenvalue weighted by atomic mass is 9.84. The molecule has 3 heterocycles. The van der Waals surface area contributed by atoms with E-state index in [0.717, 1.165) is 47.4 Å². The second-order valence-electron chi connectivity index (χ2n) is 24.3. The number of anilines is 2. The highest BCUT2D eigenvalue weighted by Crippen LogP contribution is 2.34. The predicted molar refractivity (Wildman–Crippen MR) is 350 cm³/mol. The smallest absolute Gasteiger partial charge is 0.309 e. The summed E-state index contributed by atoms with van der Waals surface area (Å²) >= 11 is 1.07. The first-order chi connectivity index (χ1) is 43.9. The van der Waals surface area contributed by atoms with Gasteiger partial charge in [-0.2, -0.15) is 0 Å². The summed E-state index contributed by atoms with van der Waals surface area (Å²) in [6.45, 7) is 11.7. The SMILES string of the molecule is C#CCCCON(C(=O)[C@@H](NC(=O)[C@H]1CCCCN1C)[C@@H](C)CC)[C@H](C[C@@H](OC(C)=O)c1nc(C(=O)N[C@@H](Cc2ccc(NC(=O)CNC(=O)CNC(=O)CNC(=O)CCC(=O)N3Cc4ccccc4/C=C\c4ccccc43)cc2)CC(C)(C)C(=O)O)cs1)C(C)C. The van der Waals surface area contributed by atoms with Gasteiger partial charge in [-0.1, -0.05) is 107 Å². The number of likely N-dealkylation sites (N-methyl/N-ethyl adjacent to an activating group) is 1. The van der Waals surface area contributed by atoms with E-state index in [-0.39, 0.29) is 73.1 Å². The highest BCUT2D eigenvalue weighted by Gasteiger charge is 2.40. The highest BCUT2D eigenvalue weighted by molar-refractivity contribution is 7.09. The van der Waals surface area contributed by atoms with Crippen molar-refractivity contribution < 1.29 is 62.6 Å². The average molecular weight is 1290 g/mol. The molecule has 24 heteroatoms. The number of piperidine rings is 1. The Hall–Kier alpha value is -8.79. The number of aliphatic carboxylic acids is 1. The summed E-state index contributed by atoms with van der Waals surface area (Å²) in [5, 5.41) is 29.2. The molecule has 0 saturated carbocycles. The first-order valence-electron chi connectivity index (χ1n) is 31.3. The molecule has 0 spiro atoms. The third-order valence-corrected chi connectivity index (χ3v) is 17.2. The lowest BCUT2D eigenvalue weighted by molar-refractivity contribution is -0.213. The third kappa shape index (κ3) is 21.7. The van der Waals surface area contributed by atoms with E-state index in [9.17, 15) is 53.1 Å². The number of amides is 8. The van der Waals surface area contributed by atoms with Gasteiger partial charge in [-0.3, -0.25) is 57.7 Å². The van der Waals surface area contributed by atoms with Gasteiger partial charge in [0.1, 0.15) is 16.7 Å². The van der Waals surface area contributed by atoms with Crippen molar-refractivity contribution in [2.24, 2.45) is 17.3 Å². The van der Waals surface area contributed by atoms with Crippen molar-refractivity contribution in [2.45, 2.75) is 156 Å². The van der Waals surface area contributed by atoms with Crippen LogP contribution < -0.4 is 36.8 Å². The van der Waals surface area contributed by atoms with Crippen molar-refractivity contribution >= 4 is 94.1 Å². The van der Waals surface area contributed by atoms with E-state index in [2.05, 4.69) is 42.8 Å². The minimum atomic E-state index is -1.29. The maximum atomic E-state index is 14.9. The summed E-state index contributed by atoms with van der Waals surface area (Å²) in [7, 11) is 1.90. The fourth-order valence-electron chi connectivity index (χ4n) is 10.8. The van der Waals surface area contributed by atoms with Crippen LogP contribution in [0.25, 0.3) is 12.2 Å². The number of terminal acetylenes is 1. The molecule has 6 rings (SSSR count). The van der Waals surface area contributed by atoms with Crippen LogP contribution in [0.4, 0.5) is 11.4 Å². The van der Waals surface area contributed by atoms with Gasteiger partial charge < -0.3 is 46.6 Å². The van der Waals surface area contributed by atoms with Gasteiger partial charge in [0.05, 0.1) is 56.0 Å². The number of fused-ring (bicyclic) bond motifs is 2. The number of hydrogen-bond acceptors (Lipinski definition) is 15. The number of hydrogen-bond donors (Lipinski definition) is 7. The van der Waals surface area contributed by atoms with E-state index in [1.54, 1.807) is 43.0 Å². The fourth-order valence-corrected chi connectivity index (χ4v) is 11.6. The fraction of sp³-hybridized carbons (Fsp3) is 0.485. The number of carboxylic acids is 1. The second-order valence-corrected chi connectivity index (χ2v) is 25.2. The molecule has 23 nitrogen and oxygen atoms in total. The van der Waals surface area contributed by atoms with E-state index >= 15 is 0 Å². The van der Waals surface area contributed by atoms with Crippen LogP contribution in [0.15, 0.2) is 78.2 Å². The number of rotatable bonds is 32. The van der Waals surface area contributed by atoms with E-state index in [4.69, 9.17) is 16.0 Å². The lowest BCUT2D eigenvalue weighted by Gasteiger charge is -2.39. The van der Waals surface area contributed by atoms with Crippen LogP contribution in [0.1, 0.15) is 157 Å². The quantitative estimate of drug-likeness (QED) is 0.0112. The Balaban J connectivity index is 1.01. The number of benzene rings is 3. The monoisotopic (exact) mass is 1280 g/mol. The van der Waals surface area contributed by atoms with E-state index < -0.39 is 103 Å². The summed E-state index contributed by atoms with van der Waals surface area (Å²) in [6.07, 6.45) is 12.3. The molecule has 2 aliphatic rings.